The first kappa shape index (κ1) is 34.7. The van der Waals surface area contributed by atoms with Crippen molar-refractivity contribution in [1.29, 1.82) is 0 Å². The van der Waals surface area contributed by atoms with Crippen LogP contribution in [-0.4, -0.2) is 63.4 Å². The molecule has 1 fully saturated rings. The average molecular weight is 624 g/mol. The van der Waals surface area contributed by atoms with Crippen LogP contribution < -0.4 is 16.4 Å². The zero-order valence-electron chi connectivity index (χ0n) is 23.5. The van der Waals surface area contributed by atoms with Crippen LogP contribution in [0.25, 0.3) is 0 Å². The van der Waals surface area contributed by atoms with Gasteiger partial charge in [0, 0.05) is 19.3 Å². The van der Waals surface area contributed by atoms with Crippen molar-refractivity contribution in [2.75, 3.05) is 25.0 Å². The van der Waals surface area contributed by atoms with Gasteiger partial charge in [0.2, 0.25) is 11.8 Å². The Labute approximate surface area is 257 Å². The smallest absolute Gasteiger partial charge is 0.250 e. The molecule has 228 valence electrons. The van der Waals surface area contributed by atoms with Gasteiger partial charge >= 0.3 is 0 Å². The molecule has 1 unspecified atom stereocenters. The molecule has 4 rings (SSSR count). The zero-order chi connectivity index (χ0) is 28.7. The van der Waals surface area contributed by atoms with Crippen LogP contribution in [0.3, 0.4) is 0 Å². The lowest BCUT2D eigenvalue weighted by molar-refractivity contribution is -0.132. The summed E-state index contributed by atoms with van der Waals surface area (Å²) in [6.07, 6.45) is 4.75. The minimum absolute atomic E-state index is 0. The number of anilines is 1. The summed E-state index contributed by atoms with van der Waals surface area (Å²) >= 11 is 0. The SMILES string of the molecule is CC(C)(N)C(=O)N[C@H](COCc1ccccc1)C(=O)Nc1cn(C(C(=O)N2CCCC2)c2cccc(F)c2)cn1.Cl.Cl. The fourth-order valence-corrected chi connectivity index (χ4v) is 4.38. The molecule has 3 amide bonds. The quantitative estimate of drug-likeness (QED) is 0.300. The number of nitrogens with zero attached hydrogens (tertiary/aromatic N) is 3. The number of carbonyl (C=O) groups excluding carboxylic acids is 3. The third-order valence-electron chi connectivity index (χ3n) is 6.57. The maximum absolute atomic E-state index is 14.1. The molecule has 42 heavy (non-hydrogen) atoms. The maximum atomic E-state index is 14.1. The van der Waals surface area contributed by atoms with Gasteiger partial charge in [-0.2, -0.15) is 0 Å². The van der Waals surface area contributed by atoms with Crippen molar-refractivity contribution in [3.63, 3.8) is 0 Å². The molecule has 1 aliphatic heterocycles. The van der Waals surface area contributed by atoms with Crippen molar-refractivity contribution >= 4 is 48.4 Å². The molecule has 0 saturated carbocycles. The number of aromatic nitrogens is 2. The molecule has 2 heterocycles. The molecular formula is C29H37Cl2FN6O4. The Morgan fingerprint density at radius 2 is 1.76 bits per heavy atom. The highest BCUT2D eigenvalue weighted by atomic mass is 35.5. The van der Waals surface area contributed by atoms with Gasteiger partial charge in [0.25, 0.3) is 5.91 Å². The fraction of sp³-hybridized carbons (Fsp3) is 0.379. The van der Waals surface area contributed by atoms with Crippen molar-refractivity contribution in [1.82, 2.24) is 19.8 Å². The van der Waals surface area contributed by atoms with E-state index in [0.29, 0.717) is 18.7 Å². The summed E-state index contributed by atoms with van der Waals surface area (Å²) in [5.74, 6) is -1.56. The van der Waals surface area contributed by atoms with Gasteiger partial charge in [0.15, 0.2) is 5.82 Å². The van der Waals surface area contributed by atoms with Crippen LogP contribution in [0.15, 0.2) is 67.1 Å². The van der Waals surface area contributed by atoms with Gasteiger partial charge in [-0.15, -0.1) is 24.8 Å². The second-order valence-electron chi connectivity index (χ2n) is 10.4. The molecule has 2 atom stereocenters. The Hall–Kier alpha value is -3.51. The van der Waals surface area contributed by atoms with E-state index in [1.54, 1.807) is 21.6 Å². The lowest BCUT2D eigenvalue weighted by Gasteiger charge is -2.24. The van der Waals surface area contributed by atoms with Crippen molar-refractivity contribution in [3.05, 3.63) is 84.1 Å². The first-order valence-corrected chi connectivity index (χ1v) is 13.2. The summed E-state index contributed by atoms with van der Waals surface area (Å²) < 4.78 is 21.4. The summed E-state index contributed by atoms with van der Waals surface area (Å²) in [6, 6.07) is 13.4. The molecule has 0 radical (unpaired) electrons. The number of carbonyl (C=O) groups is 3. The number of halogens is 3. The molecule has 0 bridgehead atoms. The van der Waals surface area contributed by atoms with E-state index in [1.807, 2.05) is 30.3 Å². The Kier molecular flexibility index (Phi) is 12.9. The van der Waals surface area contributed by atoms with E-state index in [4.69, 9.17) is 10.5 Å². The highest BCUT2D eigenvalue weighted by Crippen LogP contribution is 2.25. The molecule has 0 aliphatic carbocycles. The lowest BCUT2D eigenvalue weighted by Crippen LogP contribution is -2.56. The molecule has 10 nitrogen and oxygen atoms in total. The molecule has 0 spiro atoms. The monoisotopic (exact) mass is 622 g/mol. The molecule has 1 aliphatic rings. The first-order chi connectivity index (χ1) is 19.1. The van der Waals surface area contributed by atoms with Crippen LogP contribution >= 0.6 is 24.8 Å². The van der Waals surface area contributed by atoms with Gasteiger partial charge < -0.3 is 30.6 Å². The Morgan fingerprint density at radius 1 is 1.07 bits per heavy atom. The summed E-state index contributed by atoms with van der Waals surface area (Å²) in [6.45, 7) is 4.47. The molecule has 1 aromatic heterocycles. The third-order valence-corrected chi connectivity index (χ3v) is 6.57. The minimum atomic E-state index is -1.21. The predicted molar refractivity (Wildman–Crippen MR) is 162 cm³/mol. The predicted octanol–water partition coefficient (Wildman–Crippen LogP) is 3.46. The Morgan fingerprint density at radius 3 is 2.40 bits per heavy atom. The van der Waals surface area contributed by atoms with Crippen LogP contribution in [0, 0.1) is 5.82 Å². The molecule has 4 N–H and O–H groups in total. The van der Waals surface area contributed by atoms with Crippen LogP contribution in [0.5, 0.6) is 0 Å². The number of benzene rings is 2. The van der Waals surface area contributed by atoms with Crippen LogP contribution in [-0.2, 0) is 25.7 Å². The number of likely N-dealkylation sites (tertiary alicyclic amines) is 1. The van der Waals surface area contributed by atoms with Crippen molar-refractivity contribution in [2.24, 2.45) is 5.73 Å². The molecule has 1 saturated heterocycles. The van der Waals surface area contributed by atoms with E-state index in [-0.39, 0.29) is 49.8 Å². The highest BCUT2D eigenvalue weighted by Gasteiger charge is 2.31. The summed E-state index contributed by atoms with van der Waals surface area (Å²) in [7, 11) is 0. The van der Waals surface area contributed by atoms with Crippen molar-refractivity contribution in [3.8, 4) is 0 Å². The summed E-state index contributed by atoms with van der Waals surface area (Å²) in [4.78, 5) is 45.3. The molecular weight excluding hydrogens is 586 g/mol. The number of rotatable bonds is 11. The largest absolute Gasteiger partial charge is 0.374 e. The number of amides is 3. The highest BCUT2D eigenvalue weighted by molar-refractivity contribution is 5.98. The van der Waals surface area contributed by atoms with E-state index >= 15 is 0 Å². The number of hydrogen-bond donors (Lipinski definition) is 3. The van der Waals surface area contributed by atoms with Gasteiger partial charge in [-0.1, -0.05) is 42.5 Å². The zero-order valence-corrected chi connectivity index (χ0v) is 25.1. The maximum Gasteiger partial charge on any atom is 0.250 e. The van der Waals surface area contributed by atoms with Crippen molar-refractivity contribution in [2.45, 2.75) is 50.9 Å². The normalized spacial score (nSPS) is 14.2. The van der Waals surface area contributed by atoms with Gasteiger partial charge in [-0.3, -0.25) is 14.4 Å². The topological polar surface area (TPSA) is 132 Å². The van der Waals surface area contributed by atoms with E-state index in [1.165, 1.54) is 38.5 Å². The minimum Gasteiger partial charge on any atom is -0.374 e. The van der Waals surface area contributed by atoms with Crippen LogP contribution in [0.4, 0.5) is 10.2 Å². The fourth-order valence-electron chi connectivity index (χ4n) is 4.38. The van der Waals surface area contributed by atoms with Gasteiger partial charge in [0.1, 0.15) is 17.9 Å². The standard InChI is InChI=1S/C29H35FN6O4.2ClH/c1-29(2,31)28(39)33-23(18-40-17-20-9-4-3-5-10-20)26(37)34-24-16-36(19-32-24)25(21-11-8-12-22(30)15-21)27(38)35-13-6-7-14-35;;/h3-5,8-12,15-16,19,23,25H,6-7,13-14,17-18,31H2,1-2H3,(H,33,39)(H,34,37);2*1H/t23-,25?;;/m1../s1. The number of nitrogens with one attached hydrogen (secondary N) is 2. The van der Waals surface area contributed by atoms with Gasteiger partial charge in [-0.05, 0) is 49.9 Å². The van der Waals surface area contributed by atoms with Crippen LogP contribution in [0.1, 0.15) is 43.9 Å². The number of nitrogens with two attached hydrogens (primary N) is 1. The number of ether oxygens (including phenoxy) is 1. The van der Waals surface area contributed by atoms with E-state index in [2.05, 4.69) is 15.6 Å². The summed E-state index contributed by atoms with van der Waals surface area (Å²) in [5.41, 5.74) is 6.09. The second kappa shape index (κ2) is 15.6. The number of imidazole rings is 1. The molecule has 3 aromatic rings. The van der Waals surface area contributed by atoms with Gasteiger partial charge in [-0.25, -0.2) is 9.37 Å². The molecule has 13 heteroatoms. The van der Waals surface area contributed by atoms with Crippen LogP contribution in [0.2, 0.25) is 0 Å². The van der Waals surface area contributed by atoms with E-state index in [0.717, 1.165) is 18.4 Å². The Balaban J connectivity index is 0.00000308. The lowest BCUT2D eigenvalue weighted by atomic mass is 10.1. The van der Waals surface area contributed by atoms with Gasteiger partial charge in [0.05, 0.1) is 25.1 Å². The first-order valence-electron chi connectivity index (χ1n) is 13.2. The van der Waals surface area contributed by atoms with E-state index in [9.17, 15) is 18.8 Å². The third kappa shape index (κ3) is 9.25. The number of hydrogen-bond acceptors (Lipinski definition) is 6. The molecule has 2 aromatic carbocycles. The Bertz CT molecular complexity index is 1330. The van der Waals surface area contributed by atoms with Crippen molar-refractivity contribution < 1.29 is 23.5 Å². The van der Waals surface area contributed by atoms with E-state index < -0.39 is 35.3 Å². The second-order valence-corrected chi connectivity index (χ2v) is 10.4. The summed E-state index contributed by atoms with van der Waals surface area (Å²) in [5, 5.41) is 5.33. The average Bonchev–Trinajstić information content (AvgIpc) is 3.61.